The molecule has 1 aromatic rings. The van der Waals surface area contributed by atoms with Crippen LogP contribution in [0, 0.1) is 0 Å². The predicted octanol–water partition coefficient (Wildman–Crippen LogP) is 1.56. The molecule has 0 bridgehead atoms. The van der Waals surface area contributed by atoms with E-state index in [2.05, 4.69) is 5.32 Å². The quantitative estimate of drug-likeness (QED) is 0.878. The molecule has 2 fully saturated rings. The molecule has 0 saturated carbocycles. The number of carbonyl (C=O) groups is 2. The van der Waals surface area contributed by atoms with Crippen molar-refractivity contribution in [2.24, 2.45) is 0 Å². The van der Waals surface area contributed by atoms with Crippen LogP contribution in [-0.4, -0.2) is 74.8 Å². The van der Waals surface area contributed by atoms with Crippen LogP contribution in [-0.2, 0) is 9.53 Å². The van der Waals surface area contributed by atoms with Gasteiger partial charge in [0.1, 0.15) is 17.6 Å². The van der Waals surface area contributed by atoms with Crippen LogP contribution in [0.1, 0.15) is 12.8 Å². The van der Waals surface area contributed by atoms with Gasteiger partial charge in [0.25, 0.3) is 5.91 Å². The normalized spacial score (nSPS) is 20.0. The van der Waals surface area contributed by atoms with Crippen LogP contribution in [0.2, 0.25) is 0 Å². The molecular formula is C18H25N3O5. The topological polar surface area (TPSA) is 80.3 Å². The summed E-state index contributed by atoms with van der Waals surface area (Å²) < 4.78 is 15.9. The van der Waals surface area contributed by atoms with Crippen molar-refractivity contribution in [2.75, 3.05) is 52.3 Å². The Bertz CT molecular complexity index is 652. The molecule has 1 aromatic carbocycles. The summed E-state index contributed by atoms with van der Waals surface area (Å²) in [5, 5.41) is 2.86. The monoisotopic (exact) mass is 363 g/mol. The Kier molecular flexibility index (Phi) is 5.82. The Morgan fingerprint density at radius 1 is 1.12 bits per heavy atom. The fourth-order valence-electron chi connectivity index (χ4n) is 3.20. The maximum absolute atomic E-state index is 12.5. The smallest absolute Gasteiger partial charge is 0.322 e. The summed E-state index contributed by atoms with van der Waals surface area (Å²) in [5.74, 6) is 1.23. The molecule has 142 valence electrons. The lowest BCUT2D eigenvalue weighted by Crippen LogP contribution is -2.53. The molecule has 2 aliphatic rings. The highest BCUT2D eigenvalue weighted by Crippen LogP contribution is 2.29. The van der Waals surface area contributed by atoms with Gasteiger partial charge in [-0.05, 0) is 25.0 Å². The summed E-state index contributed by atoms with van der Waals surface area (Å²) in [6, 6.07) is 5.01. The predicted molar refractivity (Wildman–Crippen MR) is 95.7 cm³/mol. The van der Waals surface area contributed by atoms with Gasteiger partial charge in [-0.3, -0.25) is 4.79 Å². The number of anilines is 1. The van der Waals surface area contributed by atoms with Crippen molar-refractivity contribution in [2.45, 2.75) is 18.9 Å². The number of urea groups is 1. The molecule has 0 aliphatic carbocycles. The summed E-state index contributed by atoms with van der Waals surface area (Å²) in [5.41, 5.74) is 0.580. The van der Waals surface area contributed by atoms with Crippen molar-refractivity contribution < 1.29 is 23.8 Å². The van der Waals surface area contributed by atoms with E-state index in [1.807, 2.05) is 0 Å². The van der Waals surface area contributed by atoms with E-state index >= 15 is 0 Å². The van der Waals surface area contributed by atoms with E-state index in [9.17, 15) is 9.59 Å². The minimum atomic E-state index is -0.307. The van der Waals surface area contributed by atoms with Gasteiger partial charge in [0.15, 0.2) is 0 Å². The zero-order chi connectivity index (χ0) is 18.5. The van der Waals surface area contributed by atoms with Crippen molar-refractivity contribution in [1.29, 1.82) is 0 Å². The number of ether oxygens (including phenoxy) is 3. The molecule has 0 spiro atoms. The van der Waals surface area contributed by atoms with Gasteiger partial charge in [-0.15, -0.1) is 0 Å². The maximum atomic E-state index is 12.5. The van der Waals surface area contributed by atoms with Crippen LogP contribution < -0.4 is 14.8 Å². The first-order chi connectivity index (χ1) is 12.6. The SMILES string of the molecule is COc1ccc(NC(=O)N2CCN(C(=O)C3CCCO3)CC2)c(OC)c1. The molecule has 1 N–H and O–H groups in total. The number of nitrogens with zero attached hydrogens (tertiary/aromatic N) is 2. The number of hydrogen-bond acceptors (Lipinski definition) is 5. The Hall–Kier alpha value is -2.48. The van der Waals surface area contributed by atoms with E-state index in [0.29, 0.717) is 50.0 Å². The Balaban J connectivity index is 1.54. The number of methoxy groups -OCH3 is 2. The van der Waals surface area contributed by atoms with Gasteiger partial charge in [0.05, 0.1) is 19.9 Å². The third-order valence-corrected chi connectivity index (χ3v) is 4.73. The zero-order valence-corrected chi connectivity index (χ0v) is 15.2. The molecule has 3 rings (SSSR count). The average Bonchev–Trinajstić information content (AvgIpc) is 3.22. The van der Waals surface area contributed by atoms with Crippen molar-refractivity contribution in [3.63, 3.8) is 0 Å². The molecule has 2 heterocycles. The molecule has 2 aliphatic heterocycles. The molecule has 3 amide bonds. The minimum absolute atomic E-state index is 0.0411. The van der Waals surface area contributed by atoms with Crippen LogP contribution in [0.4, 0.5) is 10.5 Å². The number of piperazine rings is 1. The number of amides is 3. The largest absolute Gasteiger partial charge is 0.497 e. The zero-order valence-electron chi connectivity index (χ0n) is 15.2. The van der Waals surface area contributed by atoms with Gasteiger partial charge < -0.3 is 29.3 Å². The first-order valence-corrected chi connectivity index (χ1v) is 8.80. The van der Waals surface area contributed by atoms with Gasteiger partial charge in [-0.1, -0.05) is 0 Å². The van der Waals surface area contributed by atoms with Gasteiger partial charge in [0.2, 0.25) is 0 Å². The van der Waals surface area contributed by atoms with E-state index in [4.69, 9.17) is 14.2 Å². The molecule has 2 saturated heterocycles. The number of rotatable bonds is 4. The maximum Gasteiger partial charge on any atom is 0.322 e. The van der Waals surface area contributed by atoms with E-state index < -0.39 is 0 Å². The highest BCUT2D eigenvalue weighted by atomic mass is 16.5. The molecule has 0 aromatic heterocycles. The second kappa shape index (κ2) is 8.27. The first-order valence-electron chi connectivity index (χ1n) is 8.80. The summed E-state index contributed by atoms with van der Waals surface area (Å²) >= 11 is 0. The van der Waals surface area contributed by atoms with Crippen LogP contribution in [0.3, 0.4) is 0 Å². The fourth-order valence-corrected chi connectivity index (χ4v) is 3.20. The second-order valence-corrected chi connectivity index (χ2v) is 6.31. The molecule has 26 heavy (non-hydrogen) atoms. The lowest BCUT2D eigenvalue weighted by atomic mass is 10.2. The number of hydrogen-bond donors (Lipinski definition) is 1. The second-order valence-electron chi connectivity index (χ2n) is 6.31. The molecule has 1 atom stereocenters. The van der Waals surface area contributed by atoms with Crippen molar-refractivity contribution in [1.82, 2.24) is 9.80 Å². The minimum Gasteiger partial charge on any atom is -0.497 e. The van der Waals surface area contributed by atoms with E-state index in [1.165, 1.54) is 0 Å². The van der Waals surface area contributed by atoms with Gasteiger partial charge >= 0.3 is 6.03 Å². The summed E-state index contributed by atoms with van der Waals surface area (Å²) in [6.07, 6.45) is 1.41. The number of benzene rings is 1. The Labute approximate surface area is 153 Å². The van der Waals surface area contributed by atoms with Crippen molar-refractivity contribution in [3.05, 3.63) is 18.2 Å². The van der Waals surface area contributed by atoms with E-state index in [0.717, 1.165) is 12.8 Å². The fraction of sp³-hybridized carbons (Fsp3) is 0.556. The average molecular weight is 363 g/mol. The summed E-state index contributed by atoms with van der Waals surface area (Å²) in [6.45, 7) is 2.67. The van der Waals surface area contributed by atoms with Crippen molar-refractivity contribution >= 4 is 17.6 Å². The molecular weight excluding hydrogens is 338 g/mol. The first kappa shape index (κ1) is 18.3. The molecule has 8 nitrogen and oxygen atoms in total. The highest BCUT2D eigenvalue weighted by Gasteiger charge is 2.31. The van der Waals surface area contributed by atoms with Crippen LogP contribution >= 0.6 is 0 Å². The highest BCUT2D eigenvalue weighted by molar-refractivity contribution is 5.91. The summed E-state index contributed by atoms with van der Waals surface area (Å²) in [4.78, 5) is 28.4. The third-order valence-electron chi connectivity index (χ3n) is 4.73. The molecule has 8 heteroatoms. The van der Waals surface area contributed by atoms with Crippen LogP contribution in [0.5, 0.6) is 11.5 Å². The van der Waals surface area contributed by atoms with Crippen LogP contribution in [0.25, 0.3) is 0 Å². The van der Waals surface area contributed by atoms with Gasteiger partial charge in [-0.2, -0.15) is 0 Å². The van der Waals surface area contributed by atoms with E-state index in [1.54, 1.807) is 42.2 Å². The molecule has 0 radical (unpaired) electrons. The van der Waals surface area contributed by atoms with Crippen LogP contribution in [0.15, 0.2) is 18.2 Å². The van der Waals surface area contributed by atoms with Gasteiger partial charge in [-0.25, -0.2) is 4.79 Å². The van der Waals surface area contributed by atoms with Crippen molar-refractivity contribution in [3.8, 4) is 11.5 Å². The standard InChI is InChI=1S/C18H25N3O5/c1-24-13-5-6-14(16(12-13)25-2)19-18(23)21-9-7-20(8-10-21)17(22)15-4-3-11-26-15/h5-6,12,15H,3-4,7-11H2,1-2H3,(H,19,23). The molecule has 1 unspecified atom stereocenters. The Morgan fingerprint density at radius 3 is 2.46 bits per heavy atom. The van der Waals surface area contributed by atoms with E-state index in [-0.39, 0.29) is 18.0 Å². The number of carbonyl (C=O) groups excluding carboxylic acids is 2. The lowest BCUT2D eigenvalue weighted by Gasteiger charge is -2.35. The third kappa shape index (κ3) is 4.01. The number of nitrogens with one attached hydrogen (secondary N) is 1. The Morgan fingerprint density at radius 2 is 1.85 bits per heavy atom. The summed E-state index contributed by atoms with van der Waals surface area (Å²) in [7, 11) is 3.12. The lowest BCUT2D eigenvalue weighted by molar-refractivity contribution is -0.142. The van der Waals surface area contributed by atoms with Gasteiger partial charge in [0, 0.05) is 38.9 Å².